The highest BCUT2D eigenvalue weighted by Crippen LogP contribution is 2.09. The van der Waals surface area contributed by atoms with E-state index in [0.29, 0.717) is 12.6 Å². The van der Waals surface area contributed by atoms with Crippen molar-refractivity contribution in [1.82, 2.24) is 20.1 Å². The van der Waals surface area contributed by atoms with Crippen molar-refractivity contribution >= 4 is 22.6 Å². The van der Waals surface area contributed by atoms with Crippen LogP contribution in [0.2, 0.25) is 0 Å². The SMILES string of the molecule is CNCc1coc(-n2cc(I)cn2)n1. The fraction of sp³-hybridized carbons (Fsp3) is 0.250. The summed E-state index contributed by atoms with van der Waals surface area (Å²) >= 11 is 2.19. The first-order valence-electron chi connectivity index (χ1n) is 4.09. The maximum absolute atomic E-state index is 5.26. The zero-order chi connectivity index (χ0) is 9.97. The van der Waals surface area contributed by atoms with Crippen LogP contribution in [-0.2, 0) is 6.54 Å². The van der Waals surface area contributed by atoms with Crippen LogP contribution in [0.15, 0.2) is 23.1 Å². The molecule has 0 amide bonds. The number of rotatable bonds is 3. The van der Waals surface area contributed by atoms with Crippen LogP contribution in [0.1, 0.15) is 5.69 Å². The molecule has 0 saturated carbocycles. The first-order chi connectivity index (χ1) is 6.79. The normalized spacial score (nSPS) is 10.7. The molecule has 0 aliphatic rings. The van der Waals surface area contributed by atoms with Crippen molar-refractivity contribution in [1.29, 1.82) is 0 Å². The Bertz CT molecular complexity index is 422. The smallest absolute Gasteiger partial charge is 0.322 e. The molecular weight excluding hydrogens is 295 g/mol. The molecule has 0 aliphatic carbocycles. The highest BCUT2D eigenvalue weighted by atomic mass is 127. The van der Waals surface area contributed by atoms with Gasteiger partial charge in [0.25, 0.3) is 0 Å². The van der Waals surface area contributed by atoms with Gasteiger partial charge in [-0.2, -0.15) is 14.8 Å². The molecule has 14 heavy (non-hydrogen) atoms. The average molecular weight is 304 g/mol. The molecule has 0 radical (unpaired) electrons. The predicted octanol–water partition coefficient (Wildman–Crippen LogP) is 1.18. The summed E-state index contributed by atoms with van der Waals surface area (Å²) in [6.45, 7) is 0.696. The highest BCUT2D eigenvalue weighted by molar-refractivity contribution is 14.1. The quantitative estimate of drug-likeness (QED) is 0.865. The number of hydrogen-bond acceptors (Lipinski definition) is 4. The second kappa shape index (κ2) is 4.09. The monoisotopic (exact) mass is 304 g/mol. The molecule has 0 fully saturated rings. The number of aromatic nitrogens is 3. The van der Waals surface area contributed by atoms with Gasteiger partial charge in [-0.1, -0.05) is 0 Å². The summed E-state index contributed by atoms with van der Waals surface area (Å²) in [6.07, 6.45) is 5.23. The molecule has 5 nitrogen and oxygen atoms in total. The molecule has 1 N–H and O–H groups in total. The molecule has 0 bridgehead atoms. The van der Waals surface area contributed by atoms with E-state index < -0.39 is 0 Å². The van der Waals surface area contributed by atoms with Gasteiger partial charge < -0.3 is 9.73 Å². The number of nitrogens with zero attached hydrogens (tertiary/aromatic N) is 3. The molecule has 0 saturated heterocycles. The Kier molecular flexibility index (Phi) is 2.82. The van der Waals surface area contributed by atoms with Crippen molar-refractivity contribution in [3.63, 3.8) is 0 Å². The van der Waals surface area contributed by atoms with E-state index in [1.807, 2.05) is 13.2 Å². The standard InChI is InChI=1S/C8H9IN4O/c1-10-3-7-5-14-8(12-7)13-4-6(9)2-11-13/h2,4-5,10H,3H2,1H3. The van der Waals surface area contributed by atoms with E-state index in [9.17, 15) is 0 Å². The Labute approximate surface area is 94.7 Å². The van der Waals surface area contributed by atoms with Crippen molar-refractivity contribution < 1.29 is 4.42 Å². The second-order valence-corrected chi connectivity index (χ2v) is 4.00. The summed E-state index contributed by atoms with van der Waals surface area (Å²) in [5.41, 5.74) is 0.869. The van der Waals surface area contributed by atoms with Gasteiger partial charge in [0.2, 0.25) is 0 Å². The average Bonchev–Trinajstić information content (AvgIpc) is 2.74. The Morgan fingerprint density at radius 1 is 1.64 bits per heavy atom. The third kappa shape index (κ3) is 1.95. The molecule has 0 aromatic carbocycles. The van der Waals surface area contributed by atoms with Crippen LogP contribution in [0.25, 0.3) is 6.01 Å². The minimum atomic E-state index is 0.498. The lowest BCUT2D eigenvalue weighted by Gasteiger charge is -1.91. The highest BCUT2D eigenvalue weighted by Gasteiger charge is 2.06. The lowest BCUT2D eigenvalue weighted by molar-refractivity contribution is 0.509. The van der Waals surface area contributed by atoms with Crippen LogP contribution < -0.4 is 5.32 Å². The van der Waals surface area contributed by atoms with Gasteiger partial charge in [-0.3, -0.25) is 0 Å². The van der Waals surface area contributed by atoms with Crippen molar-refractivity contribution in [2.75, 3.05) is 7.05 Å². The molecule has 0 spiro atoms. The van der Waals surface area contributed by atoms with E-state index in [1.165, 1.54) is 0 Å². The summed E-state index contributed by atoms with van der Waals surface area (Å²) in [7, 11) is 1.87. The van der Waals surface area contributed by atoms with Gasteiger partial charge in [-0.05, 0) is 29.6 Å². The number of halogens is 1. The van der Waals surface area contributed by atoms with E-state index in [0.717, 1.165) is 9.26 Å². The van der Waals surface area contributed by atoms with E-state index in [1.54, 1.807) is 17.1 Å². The fourth-order valence-corrected chi connectivity index (χ4v) is 1.46. The summed E-state index contributed by atoms with van der Waals surface area (Å²) in [4.78, 5) is 4.25. The van der Waals surface area contributed by atoms with Crippen LogP contribution in [-0.4, -0.2) is 21.8 Å². The number of hydrogen-bond donors (Lipinski definition) is 1. The van der Waals surface area contributed by atoms with Crippen molar-refractivity contribution in [2.45, 2.75) is 6.54 Å². The van der Waals surface area contributed by atoms with Crippen LogP contribution in [0, 0.1) is 3.57 Å². The van der Waals surface area contributed by atoms with Gasteiger partial charge in [0.1, 0.15) is 6.26 Å². The molecule has 2 aromatic rings. The molecule has 2 aromatic heterocycles. The Morgan fingerprint density at radius 2 is 2.50 bits per heavy atom. The minimum absolute atomic E-state index is 0.498. The lowest BCUT2D eigenvalue weighted by atomic mass is 10.5. The molecule has 2 rings (SSSR count). The molecule has 0 atom stereocenters. The fourth-order valence-electron chi connectivity index (χ4n) is 1.07. The minimum Gasteiger partial charge on any atom is -0.430 e. The van der Waals surface area contributed by atoms with Gasteiger partial charge in [0.05, 0.1) is 15.5 Å². The first-order valence-corrected chi connectivity index (χ1v) is 5.17. The second-order valence-electron chi connectivity index (χ2n) is 2.75. The molecular formula is C8H9IN4O. The zero-order valence-corrected chi connectivity index (χ0v) is 9.72. The topological polar surface area (TPSA) is 55.9 Å². The van der Waals surface area contributed by atoms with Gasteiger partial charge in [0, 0.05) is 12.7 Å². The number of oxazole rings is 1. The van der Waals surface area contributed by atoms with E-state index in [4.69, 9.17) is 4.42 Å². The van der Waals surface area contributed by atoms with Crippen LogP contribution in [0.3, 0.4) is 0 Å². The Balaban J connectivity index is 2.24. The van der Waals surface area contributed by atoms with E-state index in [-0.39, 0.29) is 0 Å². The molecule has 2 heterocycles. The van der Waals surface area contributed by atoms with Crippen molar-refractivity contribution in [3.05, 3.63) is 27.9 Å². The van der Waals surface area contributed by atoms with Gasteiger partial charge in [-0.15, -0.1) is 0 Å². The summed E-state index contributed by atoms with van der Waals surface area (Å²) in [5, 5.41) is 7.09. The first kappa shape index (κ1) is 9.66. The van der Waals surface area contributed by atoms with Crippen molar-refractivity contribution in [3.8, 4) is 6.01 Å². The van der Waals surface area contributed by atoms with Crippen LogP contribution in [0.4, 0.5) is 0 Å². The largest absolute Gasteiger partial charge is 0.430 e. The van der Waals surface area contributed by atoms with Gasteiger partial charge >= 0.3 is 6.01 Å². The zero-order valence-electron chi connectivity index (χ0n) is 7.57. The third-order valence-corrected chi connectivity index (χ3v) is 2.20. The maximum Gasteiger partial charge on any atom is 0.322 e. The third-order valence-electron chi connectivity index (χ3n) is 1.64. The van der Waals surface area contributed by atoms with Crippen LogP contribution >= 0.6 is 22.6 Å². The molecule has 74 valence electrons. The van der Waals surface area contributed by atoms with Crippen LogP contribution in [0.5, 0.6) is 0 Å². The Morgan fingerprint density at radius 3 is 3.14 bits per heavy atom. The van der Waals surface area contributed by atoms with Crippen molar-refractivity contribution in [2.24, 2.45) is 0 Å². The lowest BCUT2D eigenvalue weighted by Crippen LogP contribution is -2.05. The predicted molar refractivity (Wildman–Crippen MR) is 59.1 cm³/mol. The molecule has 0 aliphatic heterocycles. The number of nitrogens with one attached hydrogen (secondary N) is 1. The van der Waals surface area contributed by atoms with Gasteiger partial charge in [0.15, 0.2) is 0 Å². The van der Waals surface area contributed by atoms with Gasteiger partial charge in [-0.25, -0.2) is 0 Å². The van der Waals surface area contributed by atoms with E-state index in [2.05, 4.69) is 38.0 Å². The molecule has 6 heteroatoms. The summed E-state index contributed by atoms with van der Waals surface area (Å²) in [6, 6.07) is 0.498. The molecule has 0 unspecified atom stereocenters. The Hall–Kier alpha value is -0.890. The van der Waals surface area contributed by atoms with E-state index >= 15 is 0 Å². The summed E-state index contributed by atoms with van der Waals surface area (Å²) < 4.78 is 7.93. The summed E-state index contributed by atoms with van der Waals surface area (Å²) in [5.74, 6) is 0. The maximum atomic E-state index is 5.26.